The molecule has 0 saturated carbocycles. The van der Waals surface area contributed by atoms with Crippen LogP contribution in [0.3, 0.4) is 0 Å². The SMILES string of the molecule is N=C(N)c1c[nH]nc1-c1[nH]ncc1C(=N)N. The fourth-order valence-corrected chi connectivity index (χ4v) is 1.36. The van der Waals surface area contributed by atoms with Gasteiger partial charge in [0.2, 0.25) is 0 Å². The first-order chi connectivity index (χ1) is 7.61. The summed E-state index contributed by atoms with van der Waals surface area (Å²) in [5.41, 5.74) is 12.5. The largest absolute Gasteiger partial charge is 0.384 e. The Hall–Kier alpha value is -2.64. The van der Waals surface area contributed by atoms with Gasteiger partial charge in [0, 0.05) is 6.20 Å². The molecule has 0 aromatic carbocycles. The summed E-state index contributed by atoms with van der Waals surface area (Å²) in [6.07, 6.45) is 2.93. The minimum Gasteiger partial charge on any atom is -0.384 e. The van der Waals surface area contributed by atoms with Gasteiger partial charge in [-0.2, -0.15) is 10.2 Å². The van der Waals surface area contributed by atoms with Gasteiger partial charge in [-0.1, -0.05) is 0 Å². The van der Waals surface area contributed by atoms with Crippen molar-refractivity contribution in [2.75, 3.05) is 0 Å². The number of nitrogen functional groups attached to an aromatic ring is 2. The summed E-state index contributed by atoms with van der Waals surface area (Å²) in [6.45, 7) is 0. The van der Waals surface area contributed by atoms with Gasteiger partial charge in [-0.3, -0.25) is 21.0 Å². The number of hydrogen-bond donors (Lipinski definition) is 6. The van der Waals surface area contributed by atoms with E-state index in [1.807, 2.05) is 0 Å². The summed E-state index contributed by atoms with van der Waals surface area (Å²) < 4.78 is 0. The molecule has 0 radical (unpaired) electrons. The van der Waals surface area contributed by atoms with Gasteiger partial charge in [0.15, 0.2) is 0 Å². The number of aromatic nitrogens is 4. The molecule has 0 unspecified atom stereocenters. The molecule has 0 amide bonds. The highest BCUT2D eigenvalue weighted by Gasteiger charge is 2.17. The molecular formula is C8H10N8. The summed E-state index contributed by atoms with van der Waals surface area (Å²) in [5, 5.41) is 27.8. The van der Waals surface area contributed by atoms with Crippen molar-refractivity contribution < 1.29 is 0 Å². The fourth-order valence-electron chi connectivity index (χ4n) is 1.36. The lowest BCUT2D eigenvalue weighted by Gasteiger charge is -2.00. The van der Waals surface area contributed by atoms with Crippen LogP contribution >= 0.6 is 0 Å². The topological polar surface area (TPSA) is 157 Å². The Kier molecular flexibility index (Phi) is 2.16. The maximum atomic E-state index is 7.37. The van der Waals surface area contributed by atoms with Gasteiger partial charge >= 0.3 is 0 Å². The normalized spacial score (nSPS) is 10.2. The predicted molar refractivity (Wildman–Crippen MR) is 58.2 cm³/mol. The van der Waals surface area contributed by atoms with E-state index in [1.54, 1.807) is 0 Å². The number of nitrogens with zero attached hydrogens (tertiary/aromatic N) is 2. The first-order valence-corrected chi connectivity index (χ1v) is 4.37. The van der Waals surface area contributed by atoms with Crippen molar-refractivity contribution in [1.29, 1.82) is 10.8 Å². The molecule has 16 heavy (non-hydrogen) atoms. The molecule has 2 heterocycles. The molecule has 0 aliphatic carbocycles. The zero-order valence-corrected chi connectivity index (χ0v) is 8.20. The van der Waals surface area contributed by atoms with E-state index in [0.717, 1.165) is 0 Å². The average molecular weight is 218 g/mol. The molecule has 8 heteroatoms. The number of H-pyrrole nitrogens is 2. The summed E-state index contributed by atoms with van der Waals surface area (Å²) in [5.74, 6) is -0.242. The summed E-state index contributed by atoms with van der Waals surface area (Å²) in [6, 6.07) is 0. The van der Waals surface area contributed by atoms with Crippen LogP contribution in [-0.2, 0) is 0 Å². The highest BCUT2D eigenvalue weighted by molar-refractivity contribution is 6.04. The zero-order valence-electron chi connectivity index (χ0n) is 8.20. The molecular weight excluding hydrogens is 208 g/mol. The van der Waals surface area contributed by atoms with Gasteiger partial charge in [-0.15, -0.1) is 0 Å². The highest BCUT2D eigenvalue weighted by atomic mass is 15.2. The van der Waals surface area contributed by atoms with E-state index in [9.17, 15) is 0 Å². The molecule has 0 saturated heterocycles. The first-order valence-electron chi connectivity index (χ1n) is 4.37. The van der Waals surface area contributed by atoms with Gasteiger partial charge in [-0.25, -0.2) is 0 Å². The van der Waals surface area contributed by atoms with E-state index in [1.165, 1.54) is 12.4 Å². The van der Waals surface area contributed by atoms with Crippen molar-refractivity contribution in [3.8, 4) is 11.4 Å². The van der Waals surface area contributed by atoms with Gasteiger partial charge in [0.25, 0.3) is 0 Å². The third-order valence-corrected chi connectivity index (χ3v) is 2.10. The van der Waals surface area contributed by atoms with Crippen molar-refractivity contribution >= 4 is 11.7 Å². The zero-order chi connectivity index (χ0) is 11.7. The van der Waals surface area contributed by atoms with Gasteiger partial charge in [0.1, 0.15) is 17.4 Å². The Morgan fingerprint density at radius 1 is 1.19 bits per heavy atom. The van der Waals surface area contributed by atoms with Crippen LogP contribution in [0.4, 0.5) is 0 Å². The molecule has 0 aliphatic heterocycles. The molecule has 82 valence electrons. The maximum Gasteiger partial charge on any atom is 0.126 e. The van der Waals surface area contributed by atoms with Crippen molar-refractivity contribution in [3.05, 3.63) is 23.5 Å². The van der Waals surface area contributed by atoms with Gasteiger partial charge in [0.05, 0.1) is 23.0 Å². The second-order valence-electron chi connectivity index (χ2n) is 3.13. The molecule has 0 aliphatic rings. The Morgan fingerprint density at radius 2 is 1.88 bits per heavy atom. The van der Waals surface area contributed by atoms with Crippen molar-refractivity contribution in [1.82, 2.24) is 20.4 Å². The molecule has 0 spiro atoms. The molecule has 0 bridgehead atoms. The summed E-state index contributed by atoms with van der Waals surface area (Å²) in [4.78, 5) is 0. The van der Waals surface area contributed by atoms with E-state index >= 15 is 0 Å². The third kappa shape index (κ3) is 1.41. The van der Waals surface area contributed by atoms with E-state index < -0.39 is 0 Å². The van der Waals surface area contributed by atoms with Crippen LogP contribution in [0, 0.1) is 10.8 Å². The molecule has 8 N–H and O–H groups in total. The third-order valence-electron chi connectivity index (χ3n) is 2.10. The Balaban J connectivity index is 2.59. The Labute approximate surface area is 90.1 Å². The lowest BCUT2D eigenvalue weighted by molar-refractivity contribution is 1.06. The fraction of sp³-hybridized carbons (Fsp3) is 0. The second kappa shape index (κ2) is 3.50. The smallest absolute Gasteiger partial charge is 0.126 e. The van der Waals surface area contributed by atoms with Crippen LogP contribution in [0.15, 0.2) is 12.4 Å². The van der Waals surface area contributed by atoms with Crippen LogP contribution in [0.25, 0.3) is 11.4 Å². The highest BCUT2D eigenvalue weighted by Crippen LogP contribution is 2.21. The molecule has 2 aromatic heterocycles. The van der Waals surface area contributed by atoms with E-state index in [4.69, 9.17) is 22.3 Å². The first kappa shape index (κ1) is 9.90. The van der Waals surface area contributed by atoms with Gasteiger partial charge in [-0.05, 0) is 0 Å². The van der Waals surface area contributed by atoms with Crippen molar-refractivity contribution in [2.45, 2.75) is 0 Å². The van der Waals surface area contributed by atoms with Crippen LogP contribution in [0.5, 0.6) is 0 Å². The predicted octanol–water partition coefficient (Wildman–Crippen LogP) is -0.632. The van der Waals surface area contributed by atoms with Crippen LogP contribution in [0.2, 0.25) is 0 Å². The minimum absolute atomic E-state index is 0.118. The van der Waals surface area contributed by atoms with E-state index in [0.29, 0.717) is 22.5 Å². The standard InChI is InChI=1S/C8H10N8/c9-7(10)3-1-13-15-5(3)6-4(8(11)12)2-14-16-6/h1-2H,(H3,9,10)(H3,11,12)(H,13,15)(H,14,16). The van der Waals surface area contributed by atoms with E-state index in [-0.39, 0.29) is 11.7 Å². The number of rotatable bonds is 3. The Morgan fingerprint density at radius 3 is 2.50 bits per heavy atom. The number of hydrogen-bond acceptors (Lipinski definition) is 4. The maximum absolute atomic E-state index is 7.37. The average Bonchev–Trinajstić information content (AvgIpc) is 2.85. The molecule has 0 atom stereocenters. The van der Waals surface area contributed by atoms with Crippen LogP contribution < -0.4 is 11.5 Å². The monoisotopic (exact) mass is 218 g/mol. The van der Waals surface area contributed by atoms with Crippen LogP contribution in [0.1, 0.15) is 11.1 Å². The van der Waals surface area contributed by atoms with Crippen molar-refractivity contribution in [3.63, 3.8) is 0 Å². The molecule has 2 rings (SSSR count). The number of nitrogens with one attached hydrogen (secondary N) is 4. The number of aromatic amines is 2. The molecule has 8 nitrogen and oxygen atoms in total. The summed E-state index contributed by atoms with van der Waals surface area (Å²) >= 11 is 0. The quantitative estimate of drug-likeness (QED) is 0.299. The molecule has 0 fully saturated rings. The van der Waals surface area contributed by atoms with Crippen molar-refractivity contribution in [2.24, 2.45) is 11.5 Å². The lowest BCUT2D eigenvalue weighted by Crippen LogP contribution is -2.14. The summed E-state index contributed by atoms with van der Waals surface area (Å²) in [7, 11) is 0. The molecule has 2 aromatic rings. The van der Waals surface area contributed by atoms with Gasteiger partial charge < -0.3 is 11.5 Å². The van der Waals surface area contributed by atoms with Crippen LogP contribution in [-0.4, -0.2) is 32.1 Å². The second-order valence-corrected chi connectivity index (χ2v) is 3.13. The number of amidine groups is 2. The lowest BCUT2D eigenvalue weighted by atomic mass is 10.1. The minimum atomic E-state index is -0.124. The Bertz CT molecular complexity index is 498. The van der Waals surface area contributed by atoms with E-state index in [2.05, 4.69) is 20.4 Å². The number of nitrogens with two attached hydrogens (primary N) is 2.